The van der Waals surface area contributed by atoms with Gasteiger partial charge in [0.1, 0.15) is 24.1 Å². The standard InChI is InChI=1S/C24H36N2O6/c1-23(2,11-7-17-15-31-25-21(17)29)13-9-19(27)5-6-20(28)10-14-24(3,4)12-8-18-16-32-26-22(18)30/h15-16H,5-14H2,1-4H3,(H,25,29)(H,26,30). The smallest absolute Gasteiger partial charge is 0.254 e. The molecule has 0 bridgehead atoms. The molecule has 2 heterocycles. The van der Waals surface area contributed by atoms with E-state index in [1.807, 2.05) is 0 Å². The van der Waals surface area contributed by atoms with Crippen LogP contribution < -0.4 is 0 Å². The highest BCUT2D eigenvalue weighted by Gasteiger charge is 2.23. The van der Waals surface area contributed by atoms with E-state index in [1.165, 1.54) is 12.5 Å². The van der Waals surface area contributed by atoms with Gasteiger partial charge in [-0.25, -0.2) is 0 Å². The third kappa shape index (κ3) is 8.85. The Morgan fingerprint density at radius 1 is 0.719 bits per heavy atom. The normalized spacial score (nSPS) is 12.2. The molecule has 0 aliphatic rings. The van der Waals surface area contributed by atoms with E-state index in [0.29, 0.717) is 36.8 Å². The van der Waals surface area contributed by atoms with Crippen LogP contribution in [0.5, 0.6) is 11.8 Å². The van der Waals surface area contributed by atoms with Crippen molar-refractivity contribution in [3.05, 3.63) is 23.7 Å². The molecule has 0 amide bonds. The lowest BCUT2D eigenvalue weighted by molar-refractivity contribution is -0.124. The van der Waals surface area contributed by atoms with Gasteiger partial charge in [0.05, 0.1) is 11.1 Å². The number of aryl methyl sites for hydroxylation is 2. The first kappa shape index (κ1) is 25.6. The van der Waals surface area contributed by atoms with E-state index in [9.17, 15) is 19.8 Å². The molecule has 2 aromatic rings. The Labute approximate surface area is 189 Å². The van der Waals surface area contributed by atoms with Crippen molar-refractivity contribution in [2.24, 2.45) is 10.8 Å². The number of carbonyl (C=O) groups is 2. The number of aromatic hydroxyl groups is 2. The maximum atomic E-state index is 12.3. The molecule has 0 spiro atoms. The van der Waals surface area contributed by atoms with Crippen LogP contribution in [0.15, 0.2) is 21.6 Å². The lowest BCUT2D eigenvalue weighted by Gasteiger charge is -2.24. The average molecular weight is 449 g/mol. The van der Waals surface area contributed by atoms with Crippen molar-refractivity contribution in [2.45, 2.75) is 91.9 Å². The SMILES string of the molecule is CC(C)(CCC(=O)CCC(=O)CCC(C)(C)CCc1conc1O)CCc1conc1O. The second kappa shape index (κ2) is 11.3. The molecule has 0 saturated carbocycles. The van der Waals surface area contributed by atoms with Gasteiger partial charge in [0, 0.05) is 25.7 Å². The summed E-state index contributed by atoms with van der Waals surface area (Å²) in [5.41, 5.74) is 1.23. The number of ketones is 2. The fourth-order valence-electron chi connectivity index (χ4n) is 3.52. The fraction of sp³-hybridized carbons (Fsp3) is 0.667. The zero-order valence-electron chi connectivity index (χ0n) is 19.6. The highest BCUT2D eigenvalue weighted by atomic mass is 16.5. The third-order valence-electron chi connectivity index (χ3n) is 6.23. The summed E-state index contributed by atoms with van der Waals surface area (Å²) in [5.74, 6) is 0.0771. The largest absolute Gasteiger partial charge is 0.491 e. The molecule has 178 valence electrons. The second-order valence-electron chi connectivity index (χ2n) is 10.2. The fourth-order valence-corrected chi connectivity index (χ4v) is 3.52. The van der Waals surface area contributed by atoms with Gasteiger partial charge in [-0.3, -0.25) is 9.59 Å². The predicted molar refractivity (Wildman–Crippen MR) is 118 cm³/mol. The Morgan fingerprint density at radius 3 is 1.41 bits per heavy atom. The monoisotopic (exact) mass is 448 g/mol. The van der Waals surface area contributed by atoms with Crippen LogP contribution in [0.1, 0.15) is 90.2 Å². The zero-order chi connectivity index (χ0) is 23.8. The first-order valence-electron chi connectivity index (χ1n) is 11.3. The van der Waals surface area contributed by atoms with E-state index in [-0.39, 0.29) is 47.0 Å². The number of nitrogens with zero attached hydrogens (tertiary/aromatic N) is 2. The Kier molecular flexibility index (Phi) is 9.04. The van der Waals surface area contributed by atoms with E-state index in [0.717, 1.165) is 25.7 Å². The molecule has 0 aliphatic carbocycles. The molecule has 2 rings (SSSR count). The maximum Gasteiger partial charge on any atom is 0.254 e. The van der Waals surface area contributed by atoms with Crippen LogP contribution in [0.4, 0.5) is 0 Å². The van der Waals surface area contributed by atoms with Crippen molar-refractivity contribution >= 4 is 11.6 Å². The summed E-state index contributed by atoms with van der Waals surface area (Å²) in [6.45, 7) is 8.38. The molecule has 0 atom stereocenters. The van der Waals surface area contributed by atoms with Gasteiger partial charge >= 0.3 is 0 Å². The summed E-state index contributed by atoms with van der Waals surface area (Å²) in [4.78, 5) is 24.6. The van der Waals surface area contributed by atoms with E-state index in [4.69, 9.17) is 9.05 Å². The lowest BCUT2D eigenvalue weighted by Crippen LogP contribution is -2.16. The minimum atomic E-state index is -0.0739. The molecule has 8 heteroatoms. The predicted octanol–water partition coefficient (Wildman–Crippen LogP) is 5.17. The van der Waals surface area contributed by atoms with Crippen LogP contribution in [-0.2, 0) is 22.4 Å². The summed E-state index contributed by atoms with van der Waals surface area (Å²) >= 11 is 0. The van der Waals surface area contributed by atoms with Gasteiger partial charge in [-0.05, 0) is 59.7 Å². The summed E-state index contributed by atoms with van der Waals surface area (Å²) in [6.07, 6.45) is 8.71. The number of Topliss-reactive ketones (excluding diaryl/α,β-unsaturated/α-hetero) is 2. The van der Waals surface area contributed by atoms with Crippen LogP contribution >= 0.6 is 0 Å². The second-order valence-corrected chi connectivity index (χ2v) is 10.2. The highest BCUT2D eigenvalue weighted by Crippen LogP contribution is 2.32. The third-order valence-corrected chi connectivity index (χ3v) is 6.23. The van der Waals surface area contributed by atoms with Crippen LogP contribution in [0.2, 0.25) is 0 Å². The summed E-state index contributed by atoms with van der Waals surface area (Å²) in [6, 6.07) is 0. The van der Waals surface area contributed by atoms with E-state index in [1.54, 1.807) is 0 Å². The van der Waals surface area contributed by atoms with E-state index >= 15 is 0 Å². The van der Waals surface area contributed by atoms with Crippen LogP contribution in [0.25, 0.3) is 0 Å². The number of aromatic nitrogens is 2. The quantitative estimate of drug-likeness (QED) is 0.382. The van der Waals surface area contributed by atoms with Gasteiger partial charge < -0.3 is 19.3 Å². The Bertz CT molecular complexity index is 808. The average Bonchev–Trinajstić information content (AvgIpc) is 3.34. The Balaban J connectivity index is 1.62. The molecule has 0 unspecified atom stereocenters. The minimum absolute atomic E-state index is 0.0632. The number of rotatable bonds is 15. The molecule has 2 aromatic heterocycles. The van der Waals surface area contributed by atoms with E-state index in [2.05, 4.69) is 38.0 Å². The van der Waals surface area contributed by atoms with E-state index < -0.39 is 0 Å². The highest BCUT2D eigenvalue weighted by molar-refractivity contribution is 5.86. The van der Waals surface area contributed by atoms with Crippen molar-refractivity contribution < 1.29 is 28.8 Å². The lowest BCUT2D eigenvalue weighted by atomic mass is 9.81. The van der Waals surface area contributed by atoms with Crippen LogP contribution in [-0.4, -0.2) is 32.1 Å². The van der Waals surface area contributed by atoms with Crippen molar-refractivity contribution in [1.29, 1.82) is 0 Å². The first-order valence-corrected chi connectivity index (χ1v) is 11.3. The van der Waals surface area contributed by atoms with Crippen molar-refractivity contribution in [2.75, 3.05) is 0 Å². The summed E-state index contributed by atoms with van der Waals surface area (Å²) in [5, 5.41) is 26.0. The molecule has 0 saturated heterocycles. The van der Waals surface area contributed by atoms with Gasteiger partial charge in [-0.2, -0.15) is 0 Å². The molecule has 0 aromatic carbocycles. The number of hydrogen-bond donors (Lipinski definition) is 2. The van der Waals surface area contributed by atoms with Gasteiger partial charge in [0.25, 0.3) is 11.8 Å². The number of hydrogen-bond acceptors (Lipinski definition) is 8. The molecule has 8 nitrogen and oxygen atoms in total. The minimum Gasteiger partial charge on any atom is -0.491 e. The van der Waals surface area contributed by atoms with Crippen LogP contribution in [0, 0.1) is 10.8 Å². The Morgan fingerprint density at radius 2 is 1.09 bits per heavy atom. The van der Waals surface area contributed by atoms with Crippen molar-refractivity contribution in [1.82, 2.24) is 10.3 Å². The molecular formula is C24H36N2O6. The number of carbonyl (C=O) groups excluding carboxylic acids is 2. The molecule has 32 heavy (non-hydrogen) atoms. The molecule has 0 radical (unpaired) electrons. The molecular weight excluding hydrogens is 412 g/mol. The van der Waals surface area contributed by atoms with Crippen LogP contribution in [0.3, 0.4) is 0 Å². The van der Waals surface area contributed by atoms with Gasteiger partial charge in [-0.1, -0.05) is 27.7 Å². The van der Waals surface area contributed by atoms with Gasteiger partial charge in [0.15, 0.2) is 0 Å². The zero-order valence-corrected chi connectivity index (χ0v) is 19.6. The molecule has 2 N–H and O–H groups in total. The topological polar surface area (TPSA) is 127 Å². The summed E-state index contributed by atoms with van der Waals surface area (Å²) < 4.78 is 9.47. The van der Waals surface area contributed by atoms with Crippen molar-refractivity contribution in [3.8, 4) is 11.8 Å². The molecule has 0 fully saturated rings. The summed E-state index contributed by atoms with van der Waals surface area (Å²) in [7, 11) is 0. The Hall–Kier alpha value is -2.64. The first-order chi connectivity index (χ1) is 15.0. The van der Waals surface area contributed by atoms with Gasteiger partial charge in [0.2, 0.25) is 0 Å². The van der Waals surface area contributed by atoms with Crippen molar-refractivity contribution in [3.63, 3.8) is 0 Å². The maximum absolute atomic E-state index is 12.3. The molecule has 0 aliphatic heterocycles. The van der Waals surface area contributed by atoms with Gasteiger partial charge in [-0.15, -0.1) is 0 Å².